The molecular weight excluding hydrogens is 551 g/mol. The van der Waals surface area contributed by atoms with E-state index in [1.165, 1.54) is 35.6 Å². The number of carbonyl (C=O) groups excluding carboxylic acids is 1. The van der Waals surface area contributed by atoms with Crippen LogP contribution in [0.25, 0.3) is 16.9 Å². The minimum Gasteiger partial charge on any atom is -0.494 e. The molecule has 7 rings (SSSR count). The monoisotopic (exact) mass is 584 g/mol. The zero-order chi connectivity index (χ0) is 29.7. The lowest BCUT2D eigenvalue weighted by atomic mass is 10.0. The first kappa shape index (κ1) is 27.1. The van der Waals surface area contributed by atoms with Crippen LogP contribution in [0.1, 0.15) is 24.8 Å². The fraction of sp³-hybridized carbons (Fsp3) is 0.355. The molecule has 3 aliphatic heterocycles. The van der Waals surface area contributed by atoms with E-state index in [1.807, 2.05) is 6.07 Å². The Kier molecular flexibility index (Phi) is 6.85. The van der Waals surface area contributed by atoms with E-state index in [-0.39, 0.29) is 17.5 Å². The molecule has 0 saturated carbocycles. The number of anilines is 4. The van der Waals surface area contributed by atoms with Gasteiger partial charge in [0, 0.05) is 50.1 Å². The Labute approximate surface area is 247 Å². The molecule has 0 aliphatic carbocycles. The average Bonchev–Trinajstić information content (AvgIpc) is 3.60. The summed E-state index contributed by atoms with van der Waals surface area (Å²) in [5.41, 5.74) is 3.74. The predicted molar refractivity (Wildman–Crippen MR) is 163 cm³/mol. The number of nitrogens with zero attached hydrogens (tertiary/aromatic N) is 6. The summed E-state index contributed by atoms with van der Waals surface area (Å²) in [7, 11) is 1.58. The minimum absolute atomic E-state index is 0.210. The van der Waals surface area contributed by atoms with Crippen LogP contribution in [0.4, 0.5) is 27.4 Å². The molecule has 0 bridgehead atoms. The Morgan fingerprint density at radius 1 is 1.12 bits per heavy atom. The van der Waals surface area contributed by atoms with E-state index in [2.05, 4.69) is 37.0 Å². The van der Waals surface area contributed by atoms with Gasteiger partial charge in [-0.3, -0.25) is 14.3 Å². The maximum absolute atomic E-state index is 14.5. The maximum atomic E-state index is 14.5. The van der Waals surface area contributed by atoms with Crippen molar-refractivity contribution >= 4 is 40.0 Å². The average molecular weight is 585 g/mol. The van der Waals surface area contributed by atoms with Gasteiger partial charge in [-0.2, -0.15) is 4.98 Å². The van der Waals surface area contributed by atoms with E-state index >= 15 is 0 Å². The Hall–Kier alpha value is -4.71. The Morgan fingerprint density at radius 2 is 1.93 bits per heavy atom. The maximum Gasteiger partial charge on any atom is 0.334 e. The smallest absolute Gasteiger partial charge is 0.334 e. The second-order valence-corrected chi connectivity index (χ2v) is 11.2. The number of imidazole rings is 1. The van der Waals surface area contributed by atoms with Crippen LogP contribution in [-0.2, 0) is 17.8 Å². The molecule has 12 heteroatoms. The third-order valence-corrected chi connectivity index (χ3v) is 8.63. The van der Waals surface area contributed by atoms with Crippen LogP contribution in [0.3, 0.4) is 0 Å². The largest absolute Gasteiger partial charge is 0.494 e. The molecule has 0 unspecified atom stereocenters. The molecule has 43 heavy (non-hydrogen) atoms. The summed E-state index contributed by atoms with van der Waals surface area (Å²) in [5.74, 6) is 0.343. The summed E-state index contributed by atoms with van der Waals surface area (Å²) >= 11 is 0. The molecule has 0 spiro atoms. The highest BCUT2D eigenvalue weighted by atomic mass is 19.1. The molecule has 1 amide bonds. The number of hydrogen-bond donors (Lipinski definition) is 2. The summed E-state index contributed by atoms with van der Waals surface area (Å²) < 4.78 is 23.4. The van der Waals surface area contributed by atoms with Gasteiger partial charge in [0.25, 0.3) is 0 Å². The number of likely N-dealkylation sites (tertiary alicyclic amines) is 1. The summed E-state index contributed by atoms with van der Waals surface area (Å²) in [6.45, 7) is 8.15. The molecule has 2 aromatic heterocycles. The van der Waals surface area contributed by atoms with Crippen molar-refractivity contribution in [3.8, 4) is 11.6 Å². The number of ether oxygens (including phenoxy) is 1. The van der Waals surface area contributed by atoms with Gasteiger partial charge in [0.1, 0.15) is 17.4 Å². The quantitative estimate of drug-likeness (QED) is 0.301. The number of nitrogens with one attached hydrogen (secondary N) is 2. The molecule has 11 nitrogen and oxygen atoms in total. The van der Waals surface area contributed by atoms with Crippen molar-refractivity contribution in [2.75, 3.05) is 48.8 Å². The number of aromatic nitrogens is 4. The number of amides is 1. The first-order chi connectivity index (χ1) is 20.9. The Bertz CT molecular complexity index is 1800. The minimum atomic E-state index is -0.393. The summed E-state index contributed by atoms with van der Waals surface area (Å²) in [4.78, 5) is 39.6. The van der Waals surface area contributed by atoms with Gasteiger partial charge >= 0.3 is 5.69 Å². The van der Waals surface area contributed by atoms with Crippen molar-refractivity contribution in [2.24, 2.45) is 0 Å². The number of hydrogen-bond acceptors (Lipinski definition) is 8. The second kappa shape index (κ2) is 10.8. The van der Waals surface area contributed by atoms with E-state index in [1.54, 1.807) is 30.0 Å². The lowest BCUT2D eigenvalue weighted by molar-refractivity contribution is -0.111. The summed E-state index contributed by atoms with van der Waals surface area (Å²) in [6.07, 6.45) is 6.73. The lowest BCUT2D eigenvalue weighted by Gasteiger charge is -2.46. The van der Waals surface area contributed by atoms with Crippen molar-refractivity contribution in [3.05, 3.63) is 71.0 Å². The number of halogens is 1. The number of methoxy groups -OCH3 is 1. The van der Waals surface area contributed by atoms with Gasteiger partial charge < -0.3 is 20.3 Å². The Balaban J connectivity index is 1.23. The first-order valence-electron chi connectivity index (χ1n) is 14.6. The van der Waals surface area contributed by atoms with E-state index < -0.39 is 5.82 Å². The van der Waals surface area contributed by atoms with Crippen molar-refractivity contribution in [2.45, 2.75) is 38.3 Å². The van der Waals surface area contributed by atoms with E-state index in [9.17, 15) is 14.0 Å². The molecule has 4 aromatic rings. The molecule has 2 saturated heterocycles. The molecule has 2 N–H and O–H groups in total. The van der Waals surface area contributed by atoms with Gasteiger partial charge in [0.15, 0.2) is 0 Å². The van der Waals surface area contributed by atoms with Crippen LogP contribution in [0.2, 0.25) is 0 Å². The summed E-state index contributed by atoms with van der Waals surface area (Å²) in [5, 5.41) is 6.13. The van der Waals surface area contributed by atoms with E-state index in [0.29, 0.717) is 47.5 Å². The van der Waals surface area contributed by atoms with E-state index in [4.69, 9.17) is 4.74 Å². The molecule has 0 atom stereocenters. The van der Waals surface area contributed by atoms with Crippen molar-refractivity contribution in [1.82, 2.24) is 24.0 Å². The fourth-order valence-corrected chi connectivity index (χ4v) is 6.51. The van der Waals surface area contributed by atoms with Crippen LogP contribution in [0.15, 0.2) is 54.0 Å². The topological polar surface area (TPSA) is 110 Å². The first-order valence-corrected chi connectivity index (χ1v) is 14.6. The predicted octanol–water partition coefficient (Wildman–Crippen LogP) is 3.83. The number of benzene rings is 2. The fourth-order valence-electron chi connectivity index (χ4n) is 6.51. The number of carbonyl (C=O) groups is 1. The van der Waals surface area contributed by atoms with Gasteiger partial charge in [-0.25, -0.2) is 18.7 Å². The van der Waals surface area contributed by atoms with Crippen molar-refractivity contribution in [1.29, 1.82) is 0 Å². The second-order valence-electron chi connectivity index (χ2n) is 11.2. The van der Waals surface area contributed by atoms with Crippen LogP contribution in [0.5, 0.6) is 5.75 Å². The van der Waals surface area contributed by atoms with Gasteiger partial charge in [0.2, 0.25) is 11.9 Å². The lowest BCUT2D eigenvalue weighted by Crippen LogP contribution is -2.59. The molecule has 222 valence electrons. The molecule has 2 fully saturated rings. The van der Waals surface area contributed by atoms with Gasteiger partial charge in [-0.15, -0.1) is 0 Å². The van der Waals surface area contributed by atoms with Crippen LogP contribution >= 0.6 is 0 Å². The normalized spacial score (nSPS) is 16.7. The van der Waals surface area contributed by atoms with Crippen molar-refractivity contribution < 1.29 is 13.9 Å². The van der Waals surface area contributed by atoms with Crippen LogP contribution in [-0.4, -0.2) is 69.2 Å². The van der Waals surface area contributed by atoms with Crippen LogP contribution in [0, 0.1) is 5.82 Å². The van der Waals surface area contributed by atoms with Gasteiger partial charge in [-0.05, 0) is 62.5 Å². The third-order valence-electron chi connectivity index (χ3n) is 8.63. The number of aryl methyl sites for hydroxylation is 2. The third kappa shape index (κ3) is 4.81. The van der Waals surface area contributed by atoms with E-state index in [0.717, 1.165) is 49.4 Å². The van der Waals surface area contributed by atoms with Gasteiger partial charge in [-0.1, -0.05) is 6.58 Å². The zero-order valence-corrected chi connectivity index (χ0v) is 24.0. The highest BCUT2D eigenvalue weighted by Crippen LogP contribution is 2.40. The van der Waals surface area contributed by atoms with Gasteiger partial charge in [0.05, 0.1) is 35.2 Å². The summed E-state index contributed by atoms with van der Waals surface area (Å²) in [6, 6.07) is 8.67. The standard InChI is InChI=1S/C31H33FN8O3/c1-3-28(41)34-22-15-23(26(43-2)16-24(22)38-17-21(18-38)37-10-4-5-11-37)35-30-33-9-8-27(36-30)40-25-14-20(32)13-19-7-6-12-39(29(19)25)31(40)42/h3,8-9,13-16,21H,1,4-7,10-12,17-18H2,2H3,(H,34,41)(H,33,35,36). The van der Waals surface area contributed by atoms with Crippen LogP contribution < -0.4 is 26.0 Å². The molecule has 5 heterocycles. The highest BCUT2D eigenvalue weighted by Gasteiger charge is 2.35. The Morgan fingerprint density at radius 3 is 2.70 bits per heavy atom. The molecule has 2 aromatic carbocycles. The molecular formula is C31H33FN8O3. The zero-order valence-electron chi connectivity index (χ0n) is 24.0. The molecule has 3 aliphatic rings. The SMILES string of the molecule is C=CC(=O)Nc1cc(Nc2nccc(-n3c(=O)n4c5c(cc(F)cc53)CCC4)n2)c(OC)cc1N1CC(N2CCCC2)C1. The molecule has 0 radical (unpaired) electrons. The van der Waals surface area contributed by atoms with Crippen molar-refractivity contribution in [3.63, 3.8) is 0 Å². The highest BCUT2D eigenvalue weighted by molar-refractivity contribution is 6.02. The number of rotatable bonds is 8.